The van der Waals surface area contributed by atoms with Crippen molar-refractivity contribution in [2.45, 2.75) is 32.5 Å². The Kier molecular flexibility index (Phi) is 5.62. The number of ether oxygens (including phenoxy) is 2. The summed E-state index contributed by atoms with van der Waals surface area (Å²) in [6, 6.07) is 7.32. The number of nitrogens with one attached hydrogen (secondary N) is 1. The first-order chi connectivity index (χ1) is 9.97. The van der Waals surface area contributed by atoms with Gasteiger partial charge in [-0.25, -0.2) is 0 Å². The average molecular weight is 312 g/mol. The molecule has 0 aliphatic carbocycles. The van der Waals surface area contributed by atoms with Crippen LogP contribution < -0.4 is 5.32 Å². The Morgan fingerprint density at radius 2 is 1.95 bits per heavy atom. The fourth-order valence-corrected chi connectivity index (χ4v) is 2.64. The van der Waals surface area contributed by atoms with Crippen molar-refractivity contribution < 1.29 is 14.3 Å². The van der Waals surface area contributed by atoms with Crippen molar-refractivity contribution >= 4 is 17.5 Å². The lowest BCUT2D eigenvalue weighted by molar-refractivity contribution is -0.154. The smallest absolute Gasteiger partial charge is 0.224 e. The van der Waals surface area contributed by atoms with Crippen molar-refractivity contribution in [1.29, 1.82) is 0 Å². The van der Waals surface area contributed by atoms with Crippen LogP contribution in [0.15, 0.2) is 24.3 Å². The zero-order chi connectivity index (χ0) is 15.3. The van der Waals surface area contributed by atoms with Crippen molar-refractivity contribution in [3.05, 3.63) is 34.9 Å². The number of halogens is 1. The fourth-order valence-electron chi connectivity index (χ4n) is 2.52. The summed E-state index contributed by atoms with van der Waals surface area (Å²) in [4.78, 5) is 11.9. The average Bonchev–Trinajstić information content (AvgIpc) is 2.85. The van der Waals surface area contributed by atoms with Gasteiger partial charge in [0.05, 0.1) is 19.6 Å². The van der Waals surface area contributed by atoms with Crippen LogP contribution in [0.2, 0.25) is 5.02 Å². The van der Waals surface area contributed by atoms with E-state index in [4.69, 9.17) is 21.1 Å². The van der Waals surface area contributed by atoms with Crippen LogP contribution in [0.25, 0.3) is 0 Å². The molecule has 1 unspecified atom stereocenters. The highest BCUT2D eigenvalue weighted by atomic mass is 35.5. The van der Waals surface area contributed by atoms with Gasteiger partial charge in [0.25, 0.3) is 0 Å². The van der Waals surface area contributed by atoms with Gasteiger partial charge in [-0.15, -0.1) is 0 Å². The lowest BCUT2D eigenvalue weighted by atomic mass is 10.0. The predicted octanol–water partition coefficient (Wildman–Crippen LogP) is 2.79. The number of hydrogen-bond acceptors (Lipinski definition) is 3. The van der Waals surface area contributed by atoms with Gasteiger partial charge < -0.3 is 14.8 Å². The molecule has 1 aromatic rings. The van der Waals surface area contributed by atoms with Crippen LogP contribution in [0.3, 0.4) is 0 Å². The van der Waals surface area contributed by atoms with Crippen LogP contribution in [0.5, 0.6) is 0 Å². The predicted molar refractivity (Wildman–Crippen MR) is 82.3 cm³/mol. The van der Waals surface area contributed by atoms with Crippen LogP contribution in [-0.2, 0) is 20.7 Å². The van der Waals surface area contributed by atoms with Crippen molar-refractivity contribution in [1.82, 2.24) is 5.32 Å². The second-order valence-corrected chi connectivity index (χ2v) is 6.18. The Morgan fingerprint density at radius 3 is 2.57 bits per heavy atom. The molecule has 0 aromatic heterocycles. The molecular formula is C16H22ClNO3. The van der Waals surface area contributed by atoms with Crippen molar-refractivity contribution in [3.63, 3.8) is 0 Å². The summed E-state index contributed by atoms with van der Waals surface area (Å²) in [5.74, 6) is -0.190. The van der Waals surface area contributed by atoms with Crippen LogP contribution in [0.4, 0.5) is 0 Å². The van der Waals surface area contributed by atoms with Gasteiger partial charge in [0.2, 0.25) is 5.91 Å². The lowest BCUT2D eigenvalue weighted by Crippen LogP contribution is -2.35. The molecule has 21 heavy (non-hydrogen) atoms. The minimum Gasteiger partial charge on any atom is -0.356 e. The third kappa shape index (κ3) is 5.30. The molecule has 1 saturated heterocycles. The summed E-state index contributed by atoms with van der Waals surface area (Å²) < 4.78 is 11.2. The third-order valence-electron chi connectivity index (χ3n) is 3.54. The second-order valence-electron chi connectivity index (χ2n) is 5.75. The molecule has 2 rings (SSSR count). The van der Waals surface area contributed by atoms with Gasteiger partial charge in [-0.3, -0.25) is 4.79 Å². The molecule has 1 aliphatic heterocycles. The summed E-state index contributed by atoms with van der Waals surface area (Å²) in [6.45, 7) is 5.94. The highest BCUT2D eigenvalue weighted by Gasteiger charge is 2.32. The maximum Gasteiger partial charge on any atom is 0.224 e. The minimum absolute atomic E-state index is 0.0163. The Bertz CT molecular complexity index is 469. The number of carbonyl (C=O) groups excluding carboxylic acids is 1. The first-order valence-electron chi connectivity index (χ1n) is 7.26. The molecule has 1 fully saturated rings. The van der Waals surface area contributed by atoms with E-state index in [1.54, 1.807) is 12.1 Å². The van der Waals surface area contributed by atoms with E-state index in [1.165, 1.54) is 0 Å². The Hall–Kier alpha value is -1.10. The van der Waals surface area contributed by atoms with E-state index in [2.05, 4.69) is 12.2 Å². The van der Waals surface area contributed by atoms with Crippen LogP contribution in [-0.4, -0.2) is 31.5 Å². The Balaban J connectivity index is 1.72. The highest BCUT2D eigenvalue weighted by Crippen LogP contribution is 2.26. The number of amides is 1. The topological polar surface area (TPSA) is 47.6 Å². The van der Waals surface area contributed by atoms with Crippen molar-refractivity contribution in [3.8, 4) is 0 Å². The highest BCUT2D eigenvalue weighted by molar-refractivity contribution is 6.30. The molecule has 1 aliphatic rings. The Labute approximate surface area is 130 Å². The summed E-state index contributed by atoms with van der Waals surface area (Å²) in [5.41, 5.74) is 0.957. The summed E-state index contributed by atoms with van der Waals surface area (Å²) >= 11 is 5.82. The molecule has 5 heteroatoms. The van der Waals surface area contributed by atoms with E-state index in [1.807, 2.05) is 19.1 Å². The van der Waals surface area contributed by atoms with E-state index >= 15 is 0 Å². The standard InChI is InChI=1S/C16H22ClNO3/c1-12(10-16(2)20-7-8-21-16)11-18-15(19)9-13-3-5-14(17)6-4-13/h3-6,12H,7-11H2,1-2H3,(H,18,19). The number of carbonyl (C=O) groups is 1. The van der Waals surface area contributed by atoms with Gasteiger partial charge in [0.15, 0.2) is 5.79 Å². The van der Waals surface area contributed by atoms with E-state index in [9.17, 15) is 4.79 Å². The molecule has 1 N–H and O–H groups in total. The largest absolute Gasteiger partial charge is 0.356 e. The van der Waals surface area contributed by atoms with E-state index in [0.717, 1.165) is 12.0 Å². The zero-order valence-corrected chi connectivity index (χ0v) is 13.3. The number of benzene rings is 1. The number of rotatable bonds is 6. The molecule has 1 amide bonds. The minimum atomic E-state index is -0.500. The van der Waals surface area contributed by atoms with Gasteiger partial charge in [0, 0.05) is 18.0 Å². The molecular weight excluding hydrogens is 290 g/mol. The quantitative estimate of drug-likeness (QED) is 0.879. The van der Waals surface area contributed by atoms with E-state index in [-0.39, 0.29) is 5.91 Å². The van der Waals surface area contributed by atoms with E-state index < -0.39 is 5.79 Å². The first-order valence-corrected chi connectivity index (χ1v) is 7.64. The fraction of sp³-hybridized carbons (Fsp3) is 0.562. The Morgan fingerprint density at radius 1 is 1.33 bits per heavy atom. The second kappa shape index (κ2) is 7.25. The molecule has 0 radical (unpaired) electrons. The van der Waals surface area contributed by atoms with Gasteiger partial charge in [-0.1, -0.05) is 30.7 Å². The van der Waals surface area contributed by atoms with Crippen molar-refractivity contribution in [2.24, 2.45) is 5.92 Å². The molecule has 116 valence electrons. The number of hydrogen-bond donors (Lipinski definition) is 1. The first kappa shape index (κ1) is 16.3. The maximum atomic E-state index is 11.9. The zero-order valence-electron chi connectivity index (χ0n) is 12.5. The lowest BCUT2D eigenvalue weighted by Gasteiger charge is -2.26. The van der Waals surface area contributed by atoms with Gasteiger partial charge in [0.1, 0.15) is 0 Å². The normalized spacial score (nSPS) is 18.4. The molecule has 0 spiro atoms. The maximum absolute atomic E-state index is 11.9. The third-order valence-corrected chi connectivity index (χ3v) is 3.79. The SMILES string of the molecule is CC(CNC(=O)Cc1ccc(Cl)cc1)CC1(C)OCCO1. The summed E-state index contributed by atoms with van der Waals surface area (Å²) in [7, 11) is 0. The van der Waals surface area contributed by atoms with Crippen LogP contribution in [0.1, 0.15) is 25.8 Å². The monoisotopic (exact) mass is 311 g/mol. The van der Waals surface area contributed by atoms with Crippen LogP contribution >= 0.6 is 11.6 Å². The van der Waals surface area contributed by atoms with Crippen molar-refractivity contribution in [2.75, 3.05) is 19.8 Å². The molecule has 1 aromatic carbocycles. The molecule has 4 nitrogen and oxygen atoms in total. The summed E-state index contributed by atoms with van der Waals surface area (Å²) in [5, 5.41) is 3.63. The van der Waals surface area contributed by atoms with Crippen LogP contribution in [0, 0.1) is 5.92 Å². The molecule has 0 bridgehead atoms. The van der Waals surface area contributed by atoms with Gasteiger partial charge in [-0.2, -0.15) is 0 Å². The van der Waals surface area contributed by atoms with E-state index in [0.29, 0.717) is 37.1 Å². The summed E-state index contributed by atoms with van der Waals surface area (Å²) in [6.07, 6.45) is 1.14. The van der Waals surface area contributed by atoms with Gasteiger partial charge >= 0.3 is 0 Å². The molecule has 1 heterocycles. The molecule has 1 atom stereocenters. The van der Waals surface area contributed by atoms with Gasteiger partial charge in [-0.05, 0) is 30.5 Å². The molecule has 0 saturated carbocycles.